The molecule has 14 heavy (non-hydrogen) atoms. The molecule has 0 aliphatic rings. The van der Waals surface area contributed by atoms with E-state index in [0.717, 1.165) is 12.2 Å². The topological polar surface area (TPSA) is 30.2 Å². The van der Waals surface area contributed by atoms with E-state index in [1.165, 1.54) is 25.0 Å². The monoisotopic (exact) mass is 189 g/mol. The molecule has 0 N–H and O–H groups in total. The van der Waals surface area contributed by atoms with E-state index in [0.29, 0.717) is 0 Å². The van der Waals surface area contributed by atoms with Gasteiger partial charge in [0.15, 0.2) is 0 Å². The summed E-state index contributed by atoms with van der Waals surface area (Å²) in [5.74, 6) is 0.805. The SMILES string of the molecule is CCCCCc1cnc2ncccn12. The van der Waals surface area contributed by atoms with Gasteiger partial charge in [0.1, 0.15) is 0 Å². The predicted octanol–water partition coefficient (Wildman–Crippen LogP) is 2.46. The number of unbranched alkanes of at least 4 members (excludes halogenated alkanes) is 2. The van der Waals surface area contributed by atoms with Crippen LogP contribution < -0.4 is 0 Å². The maximum Gasteiger partial charge on any atom is 0.233 e. The highest BCUT2D eigenvalue weighted by Crippen LogP contribution is 2.08. The number of aromatic nitrogens is 3. The Bertz CT molecular complexity index is 406. The summed E-state index contributed by atoms with van der Waals surface area (Å²) in [6.07, 6.45) is 10.6. The van der Waals surface area contributed by atoms with Crippen LogP contribution in [0.5, 0.6) is 0 Å². The van der Waals surface area contributed by atoms with Crippen LogP contribution in [0.2, 0.25) is 0 Å². The second-order valence-electron chi connectivity index (χ2n) is 3.50. The highest BCUT2D eigenvalue weighted by Gasteiger charge is 2.01. The quantitative estimate of drug-likeness (QED) is 0.691. The fourth-order valence-electron chi connectivity index (χ4n) is 1.62. The summed E-state index contributed by atoms with van der Waals surface area (Å²) < 4.78 is 2.07. The molecule has 0 aliphatic carbocycles. The van der Waals surface area contributed by atoms with Crippen molar-refractivity contribution in [2.24, 2.45) is 0 Å². The largest absolute Gasteiger partial charge is 0.288 e. The minimum absolute atomic E-state index is 0.805. The van der Waals surface area contributed by atoms with Crippen molar-refractivity contribution in [1.29, 1.82) is 0 Å². The Morgan fingerprint density at radius 1 is 1.29 bits per heavy atom. The van der Waals surface area contributed by atoms with E-state index in [9.17, 15) is 0 Å². The van der Waals surface area contributed by atoms with Crippen LogP contribution in [-0.2, 0) is 6.42 Å². The van der Waals surface area contributed by atoms with Gasteiger partial charge >= 0.3 is 0 Å². The lowest BCUT2D eigenvalue weighted by Gasteiger charge is -1.99. The fraction of sp³-hybridized carbons (Fsp3) is 0.455. The number of hydrogen-bond acceptors (Lipinski definition) is 2. The molecule has 0 saturated carbocycles. The molecule has 0 saturated heterocycles. The van der Waals surface area contributed by atoms with Gasteiger partial charge < -0.3 is 0 Å². The van der Waals surface area contributed by atoms with Gasteiger partial charge in [-0.3, -0.25) is 4.40 Å². The molecule has 0 radical (unpaired) electrons. The van der Waals surface area contributed by atoms with Gasteiger partial charge in [-0.15, -0.1) is 0 Å². The number of hydrogen-bond donors (Lipinski definition) is 0. The molecule has 0 aliphatic heterocycles. The minimum atomic E-state index is 0.805. The van der Waals surface area contributed by atoms with Crippen LogP contribution in [0, 0.1) is 0 Å². The van der Waals surface area contributed by atoms with Crippen molar-refractivity contribution in [2.75, 3.05) is 0 Å². The van der Waals surface area contributed by atoms with Crippen LogP contribution in [0.1, 0.15) is 31.9 Å². The molecule has 0 fully saturated rings. The predicted molar refractivity (Wildman–Crippen MR) is 56.2 cm³/mol. The third-order valence-electron chi connectivity index (χ3n) is 2.40. The second-order valence-corrected chi connectivity index (χ2v) is 3.50. The zero-order chi connectivity index (χ0) is 9.80. The van der Waals surface area contributed by atoms with Crippen molar-refractivity contribution in [2.45, 2.75) is 32.6 Å². The number of imidazole rings is 1. The molecule has 2 rings (SSSR count). The summed E-state index contributed by atoms with van der Waals surface area (Å²) in [6, 6.07) is 1.94. The van der Waals surface area contributed by atoms with E-state index in [2.05, 4.69) is 21.3 Å². The highest BCUT2D eigenvalue weighted by molar-refractivity contribution is 5.30. The van der Waals surface area contributed by atoms with Gasteiger partial charge in [-0.25, -0.2) is 9.97 Å². The van der Waals surface area contributed by atoms with Crippen LogP contribution in [-0.4, -0.2) is 14.4 Å². The van der Waals surface area contributed by atoms with Gasteiger partial charge in [0.05, 0.1) is 6.20 Å². The molecule has 0 amide bonds. The summed E-state index contributed by atoms with van der Waals surface area (Å²) in [5.41, 5.74) is 1.27. The number of rotatable bonds is 4. The standard InChI is InChI=1S/C11H15N3/c1-2-3-4-6-10-9-13-11-12-7-5-8-14(10)11/h5,7-9H,2-4,6H2,1H3. The summed E-state index contributed by atoms with van der Waals surface area (Å²) in [5, 5.41) is 0. The first-order valence-electron chi connectivity index (χ1n) is 5.19. The molecule has 3 nitrogen and oxygen atoms in total. The first-order chi connectivity index (χ1) is 6.92. The lowest BCUT2D eigenvalue weighted by Crippen LogP contribution is -1.93. The van der Waals surface area contributed by atoms with Gasteiger partial charge in [0.25, 0.3) is 0 Å². The molecule has 2 aromatic heterocycles. The zero-order valence-corrected chi connectivity index (χ0v) is 8.48. The average molecular weight is 189 g/mol. The zero-order valence-electron chi connectivity index (χ0n) is 8.48. The normalized spacial score (nSPS) is 10.9. The van der Waals surface area contributed by atoms with Gasteiger partial charge in [0.2, 0.25) is 5.78 Å². The van der Waals surface area contributed by atoms with Crippen LogP contribution >= 0.6 is 0 Å². The van der Waals surface area contributed by atoms with E-state index in [1.807, 2.05) is 18.5 Å². The Morgan fingerprint density at radius 3 is 3.07 bits per heavy atom. The molecule has 74 valence electrons. The number of nitrogens with zero attached hydrogens (tertiary/aromatic N) is 3. The van der Waals surface area contributed by atoms with E-state index < -0.39 is 0 Å². The Balaban J connectivity index is 2.17. The molecule has 0 unspecified atom stereocenters. The van der Waals surface area contributed by atoms with Gasteiger partial charge in [-0.05, 0) is 18.9 Å². The third-order valence-corrected chi connectivity index (χ3v) is 2.40. The summed E-state index contributed by atoms with van der Waals surface area (Å²) in [6.45, 7) is 2.22. The van der Waals surface area contributed by atoms with Crippen molar-refractivity contribution in [1.82, 2.24) is 14.4 Å². The fourth-order valence-corrected chi connectivity index (χ4v) is 1.62. The Kier molecular flexibility index (Phi) is 2.77. The first-order valence-corrected chi connectivity index (χ1v) is 5.19. The summed E-state index contributed by atoms with van der Waals surface area (Å²) in [7, 11) is 0. The van der Waals surface area contributed by atoms with Crippen molar-refractivity contribution < 1.29 is 0 Å². The van der Waals surface area contributed by atoms with E-state index in [-0.39, 0.29) is 0 Å². The lowest BCUT2D eigenvalue weighted by molar-refractivity contribution is 0.703. The van der Waals surface area contributed by atoms with Crippen LogP contribution in [0.15, 0.2) is 24.7 Å². The average Bonchev–Trinajstić information content (AvgIpc) is 2.63. The van der Waals surface area contributed by atoms with Crippen LogP contribution in [0.25, 0.3) is 5.78 Å². The Morgan fingerprint density at radius 2 is 2.21 bits per heavy atom. The summed E-state index contributed by atoms with van der Waals surface area (Å²) in [4.78, 5) is 8.43. The molecule has 0 aromatic carbocycles. The minimum Gasteiger partial charge on any atom is -0.288 e. The molecule has 2 aromatic rings. The molecule has 0 spiro atoms. The lowest BCUT2D eigenvalue weighted by atomic mass is 10.2. The molecule has 2 heterocycles. The smallest absolute Gasteiger partial charge is 0.233 e. The van der Waals surface area contributed by atoms with Gasteiger partial charge in [-0.1, -0.05) is 19.8 Å². The van der Waals surface area contributed by atoms with Crippen molar-refractivity contribution in [3.05, 3.63) is 30.4 Å². The maximum atomic E-state index is 4.25. The van der Waals surface area contributed by atoms with Gasteiger partial charge in [-0.2, -0.15) is 0 Å². The van der Waals surface area contributed by atoms with E-state index >= 15 is 0 Å². The van der Waals surface area contributed by atoms with Crippen LogP contribution in [0.4, 0.5) is 0 Å². The number of aryl methyl sites for hydroxylation is 1. The van der Waals surface area contributed by atoms with E-state index in [1.54, 1.807) is 6.20 Å². The second kappa shape index (κ2) is 4.22. The van der Waals surface area contributed by atoms with E-state index in [4.69, 9.17) is 0 Å². The molecular weight excluding hydrogens is 174 g/mol. The molecule has 3 heteroatoms. The van der Waals surface area contributed by atoms with Crippen LogP contribution in [0.3, 0.4) is 0 Å². The molecule has 0 bridgehead atoms. The molecule has 0 atom stereocenters. The van der Waals surface area contributed by atoms with Gasteiger partial charge in [0, 0.05) is 18.1 Å². The summed E-state index contributed by atoms with van der Waals surface area (Å²) >= 11 is 0. The third kappa shape index (κ3) is 1.76. The highest BCUT2D eigenvalue weighted by atomic mass is 15.1. The Hall–Kier alpha value is -1.38. The van der Waals surface area contributed by atoms with Crippen molar-refractivity contribution in [3.63, 3.8) is 0 Å². The first kappa shape index (κ1) is 9.19. The van der Waals surface area contributed by atoms with Crippen molar-refractivity contribution >= 4 is 5.78 Å². The number of fused-ring (bicyclic) bond motifs is 1. The molecular formula is C11H15N3. The van der Waals surface area contributed by atoms with Crippen molar-refractivity contribution in [3.8, 4) is 0 Å². The Labute approximate surface area is 83.8 Å². The maximum absolute atomic E-state index is 4.25.